The van der Waals surface area contributed by atoms with Crippen molar-refractivity contribution in [2.75, 3.05) is 0 Å². The van der Waals surface area contributed by atoms with Crippen molar-refractivity contribution in [3.05, 3.63) is 24.3 Å². The van der Waals surface area contributed by atoms with Crippen LogP contribution in [0.2, 0.25) is 0 Å². The molecule has 0 aliphatic carbocycles. The zero-order valence-corrected chi connectivity index (χ0v) is 6.23. The molecule has 2 aromatic rings. The van der Waals surface area contributed by atoms with Crippen LogP contribution in [0.1, 0.15) is 12.6 Å². The van der Waals surface area contributed by atoms with Gasteiger partial charge in [-0.3, -0.25) is 0 Å². The highest BCUT2D eigenvalue weighted by atomic mass is 15.3. The van der Waals surface area contributed by atoms with Crippen LogP contribution in [0.3, 0.4) is 0 Å². The van der Waals surface area contributed by atoms with E-state index in [1.54, 1.807) is 16.9 Å². The molecule has 0 aromatic carbocycles. The molecule has 2 rings (SSSR count). The van der Waals surface area contributed by atoms with Crippen molar-refractivity contribution in [2.24, 2.45) is 0 Å². The van der Waals surface area contributed by atoms with E-state index in [0.717, 1.165) is 12.1 Å². The third kappa shape index (κ3) is 0.960. The molecular weight excluding hydrogens is 140 g/mol. The number of imidazole rings is 1. The minimum absolute atomic E-state index is 0.671. The largest absolute Gasteiger partial charge is 0.250 e. The summed E-state index contributed by atoms with van der Waals surface area (Å²) in [5.74, 6) is 0.671. The highest BCUT2D eigenvalue weighted by Gasteiger charge is 1.98. The molecule has 0 fully saturated rings. The average Bonchev–Trinajstić information content (AvgIpc) is 2.46. The van der Waals surface area contributed by atoms with Gasteiger partial charge in [0.2, 0.25) is 0 Å². The Morgan fingerprint density at radius 2 is 2.36 bits per heavy atom. The van der Waals surface area contributed by atoms with Crippen LogP contribution in [-0.2, 0) is 6.42 Å². The summed E-state index contributed by atoms with van der Waals surface area (Å²) in [5, 5.41) is 4.04. The Hall–Kier alpha value is -1.45. The van der Waals surface area contributed by atoms with Gasteiger partial charge in [0.1, 0.15) is 0 Å². The molecule has 0 saturated carbocycles. The maximum Gasteiger partial charge on any atom is 0.250 e. The first-order chi connectivity index (χ1) is 5.40. The minimum Gasteiger partial charge on any atom is -0.218 e. The van der Waals surface area contributed by atoms with E-state index >= 15 is 0 Å². The maximum atomic E-state index is 4.22. The van der Waals surface area contributed by atoms with Crippen molar-refractivity contribution in [1.29, 1.82) is 0 Å². The third-order valence-electron chi connectivity index (χ3n) is 1.53. The highest BCUT2D eigenvalue weighted by Crippen LogP contribution is 1.98. The number of aromatic nitrogens is 4. The summed E-state index contributed by atoms with van der Waals surface area (Å²) in [6.45, 7) is 2.06. The fourth-order valence-electron chi connectivity index (χ4n) is 0.952. The summed E-state index contributed by atoms with van der Waals surface area (Å²) in [7, 11) is 0. The molecule has 4 nitrogen and oxygen atoms in total. The SMILES string of the molecule is CCc1cn2nccnc2n1. The third-order valence-corrected chi connectivity index (χ3v) is 1.53. The fourth-order valence-corrected chi connectivity index (χ4v) is 0.952. The standard InChI is InChI=1S/C7H8N4/c1-2-6-5-11-7(10-6)8-3-4-9-11/h3-5H,2H2,1H3. The summed E-state index contributed by atoms with van der Waals surface area (Å²) in [4.78, 5) is 8.26. The molecule has 4 heteroatoms. The Balaban J connectivity index is 2.69. The second-order valence-electron chi connectivity index (χ2n) is 2.27. The summed E-state index contributed by atoms with van der Waals surface area (Å²) >= 11 is 0. The van der Waals surface area contributed by atoms with Crippen LogP contribution in [0.4, 0.5) is 0 Å². The molecule has 0 unspecified atom stereocenters. The van der Waals surface area contributed by atoms with Gasteiger partial charge in [-0.05, 0) is 6.42 Å². The van der Waals surface area contributed by atoms with Gasteiger partial charge in [0.25, 0.3) is 5.78 Å². The summed E-state index contributed by atoms with van der Waals surface area (Å²) < 4.78 is 1.68. The number of hydrogen-bond acceptors (Lipinski definition) is 3. The van der Waals surface area contributed by atoms with E-state index in [0.29, 0.717) is 5.78 Å². The molecular formula is C7H8N4. The molecule has 0 spiro atoms. The zero-order chi connectivity index (χ0) is 7.68. The van der Waals surface area contributed by atoms with E-state index in [1.165, 1.54) is 0 Å². The van der Waals surface area contributed by atoms with Crippen LogP contribution in [0, 0.1) is 0 Å². The first kappa shape index (κ1) is 6.27. The van der Waals surface area contributed by atoms with Crippen LogP contribution in [-0.4, -0.2) is 19.6 Å². The topological polar surface area (TPSA) is 43.1 Å². The van der Waals surface area contributed by atoms with Gasteiger partial charge in [-0.2, -0.15) is 5.10 Å². The van der Waals surface area contributed by atoms with Gasteiger partial charge in [0.05, 0.1) is 24.3 Å². The average molecular weight is 148 g/mol. The van der Waals surface area contributed by atoms with Crippen molar-refractivity contribution in [2.45, 2.75) is 13.3 Å². The Kier molecular flexibility index (Phi) is 1.31. The van der Waals surface area contributed by atoms with E-state index in [9.17, 15) is 0 Å². The molecule has 0 N–H and O–H groups in total. The molecule has 0 bridgehead atoms. The van der Waals surface area contributed by atoms with Gasteiger partial charge in [-0.15, -0.1) is 0 Å². The van der Waals surface area contributed by atoms with E-state index in [4.69, 9.17) is 0 Å². The minimum atomic E-state index is 0.671. The summed E-state index contributed by atoms with van der Waals surface area (Å²) in [6, 6.07) is 0. The Bertz CT molecular complexity index is 332. The lowest BCUT2D eigenvalue weighted by Crippen LogP contribution is -1.89. The molecule has 0 aliphatic rings. The Labute approximate surface area is 63.9 Å². The first-order valence-electron chi connectivity index (χ1n) is 3.55. The molecule has 0 radical (unpaired) electrons. The van der Waals surface area contributed by atoms with E-state index in [2.05, 4.69) is 22.0 Å². The molecule has 56 valence electrons. The molecule has 2 heterocycles. The van der Waals surface area contributed by atoms with Crippen molar-refractivity contribution in [1.82, 2.24) is 19.6 Å². The highest BCUT2D eigenvalue weighted by molar-refractivity contribution is 5.26. The van der Waals surface area contributed by atoms with Gasteiger partial charge in [-0.1, -0.05) is 6.92 Å². The lowest BCUT2D eigenvalue weighted by molar-refractivity contribution is 0.900. The number of rotatable bonds is 1. The zero-order valence-electron chi connectivity index (χ0n) is 6.23. The maximum absolute atomic E-state index is 4.22. The van der Waals surface area contributed by atoms with Crippen LogP contribution in [0.15, 0.2) is 18.6 Å². The van der Waals surface area contributed by atoms with Crippen molar-refractivity contribution in [3.8, 4) is 0 Å². The van der Waals surface area contributed by atoms with Gasteiger partial charge >= 0.3 is 0 Å². The number of aryl methyl sites for hydroxylation is 1. The second kappa shape index (κ2) is 2.30. The van der Waals surface area contributed by atoms with Crippen molar-refractivity contribution in [3.63, 3.8) is 0 Å². The fraction of sp³-hybridized carbons (Fsp3) is 0.286. The first-order valence-corrected chi connectivity index (χ1v) is 3.55. The molecule has 0 saturated heterocycles. The number of fused-ring (bicyclic) bond motifs is 1. The lowest BCUT2D eigenvalue weighted by Gasteiger charge is -1.84. The molecule has 0 aliphatic heterocycles. The van der Waals surface area contributed by atoms with Gasteiger partial charge in [-0.25, -0.2) is 14.5 Å². The van der Waals surface area contributed by atoms with Gasteiger partial charge in [0.15, 0.2) is 0 Å². The van der Waals surface area contributed by atoms with Crippen LogP contribution < -0.4 is 0 Å². The van der Waals surface area contributed by atoms with E-state index in [1.807, 2.05) is 6.20 Å². The number of nitrogens with zero attached hydrogens (tertiary/aromatic N) is 4. The van der Waals surface area contributed by atoms with E-state index in [-0.39, 0.29) is 0 Å². The van der Waals surface area contributed by atoms with Crippen LogP contribution in [0.25, 0.3) is 5.78 Å². The monoisotopic (exact) mass is 148 g/mol. The lowest BCUT2D eigenvalue weighted by atomic mass is 10.4. The van der Waals surface area contributed by atoms with E-state index < -0.39 is 0 Å². The predicted molar refractivity (Wildman–Crippen MR) is 40.2 cm³/mol. The van der Waals surface area contributed by atoms with Crippen molar-refractivity contribution < 1.29 is 0 Å². The van der Waals surface area contributed by atoms with Gasteiger partial charge < -0.3 is 0 Å². The second-order valence-corrected chi connectivity index (χ2v) is 2.27. The Morgan fingerprint density at radius 1 is 1.45 bits per heavy atom. The number of hydrogen-bond donors (Lipinski definition) is 0. The smallest absolute Gasteiger partial charge is 0.218 e. The summed E-state index contributed by atoms with van der Waals surface area (Å²) in [6.07, 6.45) is 6.10. The predicted octanol–water partition coefficient (Wildman–Crippen LogP) is 0.687. The van der Waals surface area contributed by atoms with Crippen molar-refractivity contribution >= 4 is 5.78 Å². The normalized spacial score (nSPS) is 10.6. The Morgan fingerprint density at radius 3 is 3.09 bits per heavy atom. The summed E-state index contributed by atoms with van der Waals surface area (Å²) in [5.41, 5.74) is 1.02. The quantitative estimate of drug-likeness (QED) is 0.597. The van der Waals surface area contributed by atoms with Gasteiger partial charge in [0, 0.05) is 0 Å². The molecule has 0 amide bonds. The van der Waals surface area contributed by atoms with Crippen LogP contribution >= 0.6 is 0 Å². The molecule has 11 heavy (non-hydrogen) atoms. The van der Waals surface area contributed by atoms with Crippen LogP contribution in [0.5, 0.6) is 0 Å². The molecule has 2 aromatic heterocycles. The molecule has 0 atom stereocenters.